The van der Waals surface area contributed by atoms with Gasteiger partial charge in [-0.3, -0.25) is 0 Å². The van der Waals surface area contributed by atoms with Crippen molar-refractivity contribution < 1.29 is 0 Å². The summed E-state index contributed by atoms with van der Waals surface area (Å²) in [4.78, 5) is 9.25. The average Bonchev–Trinajstić information content (AvgIpc) is 2.98. The number of thioether (sulfide) groups is 1. The number of hydrogen-bond acceptors (Lipinski definition) is 5. The van der Waals surface area contributed by atoms with Crippen LogP contribution in [0.1, 0.15) is 5.56 Å². The van der Waals surface area contributed by atoms with Gasteiger partial charge < -0.3 is 5.73 Å². The second kappa shape index (κ2) is 6.63. The van der Waals surface area contributed by atoms with E-state index in [2.05, 4.69) is 29.1 Å². The van der Waals surface area contributed by atoms with Crippen LogP contribution in [0.4, 0.5) is 5.82 Å². The van der Waals surface area contributed by atoms with Crippen molar-refractivity contribution in [2.24, 2.45) is 0 Å². The molecule has 0 amide bonds. The van der Waals surface area contributed by atoms with Crippen molar-refractivity contribution in [2.45, 2.75) is 12.1 Å². The van der Waals surface area contributed by atoms with E-state index < -0.39 is 0 Å². The van der Waals surface area contributed by atoms with Crippen LogP contribution in [0.3, 0.4) is 0 Å². The Morgan fingerprint density at radius 3 is 2.54 bits per heavy atom. The highest BCUT2D eigenvalue weighted by atomic mass is 35.5. The molecule has 2 heterocycles. The summed E-state index contributed by atoms with van der Waals surface area (Å²) in [5.41, 5.74) is 10.8. The van der Waals surface area contributed by atoms with Crippen LogP contribution in [0.25, 0.3) is 28.0 Å². The number of fused-ring (bicyclic) bond motifs is 1. The van der Waals surface area contributed by atoms with Gasteiger partial charge in [0.15, 0.2) is 10.8 Å². The van der Waals surface area contributed by atoms with E-state index in [0.29, 0.717) is 21.6 Å². The van der Waals surface area contributed by atoms with Gasteiger partial charge in [0.2, 0.25) is 0 Å². The fraction of sp³-hybridized carbons (Fsp3) is 0.105. The molecule has 0 aliphatic carbocycles. The number of halogens is 1. The topological polar surface area (TPSA) is 69.6 Å². The van der Waals surface area contributed by atoms with Crippen LogP contribution in [0, 0.1) is 6.92 Å². The molecule has 0 fully saturated rings. The molecule has 0 bridgehead atoms. The van der Waals surface area contributed by atoms with Crippen LogP contribution in [-0.4, -0.2) is 26.0 Å². The Hall–Kier alpha value is -2.57. The van der Waals surface area contributed by atoms with Gasteiger partial charge in [-0.2, -0.15) is 0 Å². The fourth-order valence-corrected chi connectivity index (χ4v) is 3.35. The molecule has 0 saturated heterocycles. The highest BCUT2D eigenvalue weighted by Crippen LogP contribution is 2.33. The Morgan fingerprint density at radius 2 is 1.85 bits per heavy atom. The first-order valence-corrected chi connectivity index (χ1v) is 9.60. The molecule has 4 aromatic rings. The molecule has 5 nitrogen and oxygen atoms in total. The largest absolute Gasteiger partial charge is 0.383 e. The van der Waals surface area contributed by atoms with Crippen molar-refractivity contribution in [3.05, 3.63) is 59.1 Å². The molecule has 130 valence electrons. The molecular weight excluding hydrogens is 366 g/mol. The zero-order chi connectivity index (χ0) is 18.3. The summed E-state index contributed by atoms with van der Waals surface area (Å²) in [6, 6.07) is 15.5. The molecule has 0 saturated carbocycles. The summed E-state index contributed by atoms with van der Waals surface area (Å²) >= 11 is 7.47. The summed E-state index contributed by atoms with van der Waals surface area (Å²) in [5.74, 6) is 0.506. The molecule has 2 N–H and O–H groups in total. The van der Waals surface area contributed by atoms with E-state index in [9.17, 15) is 0 Å². The molecule has 4 rings (SSSR count). The first kappa shape index (κ1) is 16.9. The van der Waals surface area contributed by atoms with Crippen molar-refractivity contribution in [2.75, 3.05) is 12.0 Å². The van der Waals surface area contributed by atoms with Crippen LogP contribution in [0.2, 0.25) is 5.02 Å². The molecule has 7 heteroatoms. The van der Waals surface area contributed by atoms with E-state index in [1.54, 1.807) is 4.68 Å². The van der Waals surface area contributed by atoms with Gasteiger partial charge in [-0.05, 0) is 43.5 Å². The maximum atomic E-state index is 6.46. The number of hydrogen-bond donors (Lipinski definition) is 1. The van der Waals surface area contributed by atoms with Crippen LogP contribution in [0.15, 0.2) is 53.7 Å². The van der Waals surface area contributed by atoms with Crippen LogP contribution >= 0.6 is 23.4 Å². The molecule has 0 atom stereocenters. The van der Waals surface area contributed by atoms with Crippen LogP contribution in [-0.2, 0) is 0 Å². The van der Waals surface area contributed by atoms with E-state index in [1.807, 2.05) is 42.7 Å². The van der Waals surface area contributed by atoms with Gasteiger partial charge in [0.1, 0.15) is 5.82 Å². The number of aromatic nitrogens is 4. The zero-order valence-corrected chi connectivity index (χ0v) is 15.8. The average molecular weight is 382 g/mol. The Balaban J connectivity index is 2.01. The molecule has 0 unspecified atom stereocenters. The normalized spacial score (nSPS) is 11.2. The van der Waals surface area contributed by atoms with Crippen molar-refractivity contribution in [3.63, 3.8) is 0 Å². The summed E-state index contributed by atoms with van der Waals surface area (Å²) in [5, 5.41) is 6.69. The first-order valence-electron chi connectivity index (χ1n) is 8.00. The number of nitrogens with zero attached hydrogens (tertiary/aromatic N) is 4. The monoisotopic (exact) mass is 381 g/mol. The van der Waals surface area contributed by atoms with Gasteiger partial charge in [-0.1, -0.05) is 47.1 Å². The number of nitrogen functional groups attached to an aromatic ring is 1. The Bertz CT molecular complexity index is 1110. The lowest BCUT2D eigenvalue weighted by Gasteiger charge is -2.07. The molecule has 26 heavy (non-hydrogen) atoms. The fourth-order valence-electron chi connectivity index (χ4n) is 2.86. The van der Waals surface area contributed by atoms with E-state index >= 15 is 0 Å². The minimum atomic E-state index is 0.506. The van der Waals surface area contributed by atoms with Gasteiger partial charge in [-0.15, -0.1) is 5.10 Å². The van der Waals surface area contributed by atoms with Crippen molar-refractivity contribution >= 4 is 40.2 Å². The highest BCUT2D eigenvalue weighted by molar-refractivity contribution is 7.98. The van der Waals surface area contributed by atoms with Crippen LogP contribution in [0.5, 0.6) is 0 Å². The van der Waals surface area contributed by atoms with Gasteiger partial charge in [0, 0.05) is 10.6 Å². The molecule has 2 aromatic carbocycles. The van der Waals surface area contributed by atoms with Gasteiger partial charge in [0.05, 0.1) is 16.8 Å². The second-order valence-electron chi connectivity index (χ2n) is 5.90. The lowest BCUT2D eigenvalue weighted by Crippen LogP contribution is -2.01. The first-order chi connectivity index (χ1) is 12.6. The summed E-state index contributed by atoms with van der Waals surface area (Å²) < 4.78 is 1.68. The van der Waals surface area contributed by atoms with E-state index in [-0.39, 0.29) is 0 Å². The molecule has 0 spiro atoms. The standard InChI is InChI=1S/C19H16ClN5S/c1-11-4-3-5-12(10-11)16-15-17(21)25(14-8-6-13(20)7-9-14)24-18(15)23-19(22-16)26-2/h3-10H,21H2,1-2H3. The zero-order valence-electron chi connectivity index (χ0n) is 14.3. The van der Waals surface area contributed by atoms with E-state index in [4.69, 9.17) is 22.3 Å². The maximum Gasteiger partial charge on any atom is 0.190 e. The molecule has 2 aromatic heterocycles. The molecule has 0 radical (unpaired) electrons. The number of aryl methyl sites for hydroxylation is 1. The Kier molecular flexibility index (Phi) is 4.30. The summed E-state index contributed by atoms with van der Waals surface area (Å²) in [7, 11) is 0. The number of rotatable bonds is 3. The van der Waals surface area contributed by atoms with Crippen LogP contribution < -0.4 is 5.73 Å². The Labute approximate surface area is 160 Å². The summed E-state index contributed by atoms with van der Waals surface area (Å²) in [6.07, 6.45) is 1.95. The number of nitrogens with two attached hydrogens (primary N) is 1. The second-order valence-corrected chi connectivity index (χ2v) is 7.11. The van der Waals surface area contributed by atoms with Gasteiger partial charge in [-0.25, -0.2) is 14.6 Å². The molecule has 0 aliphatic rings. The SMILES string of the molecule is CSc1nc(-c2cccc(C)c2)c2c(N)n(-c3ccc(Cl)cc3)nc2n1. The minimum absolute atomic E-state index is 0.506. The maximum absolute atomic E-state index is 6.46. The predicted molar refractivity (Wildman–Crippen MR) is 108 cm³/mol. The quantitative estimate of drug-likeness (QED) is 0.409. The van der Waals surface area contributed by atoms with Crippen molar-refractivity contribution in [1.82, 2.24) is 19.7 Å². The van der Waals surface area contributed by atoms with Gasteiger partial charge in [0.25, 0.3) is 0 Å². The Morgan fingerprint density at radius 1 is 1.08 bits per heavy atom. The third-order valence-corrected chi connectivity index (χ3v) is 4.89. The highest BCUT2D eigenvalue weighted by Gasteiger charge is 2.19. The number of anilines is 1. The predicted octanol–water partition coefficient (Wildman–Crippen LogP) is 4.75. The minimum Gasteiger partial charge on any atom is -0.383 e. The summed E-state index contributed by atoms with van der Waals surface area (Å²) in [6.45, 7) is 2.05. The van der Waals surface area contributed by atoms with Gasteiger partial charge >= 0.3 is 0 Å². The molecule has 0 aliphatic heterocycles. The van der Waals surface area contributed by atoms with Crippen molar-refractivity contribution in [3.8, 4) is 16.9 Å². The third-order valence-electron chi connectivity index (χ3n) is 4.09. The van der Waals surface area contributed by atoms with E-state index in [0.717, 1.165) is 27.9 Å². The lowest BCUT2D eigenvalue weighted by molar-refractivity contribution is 0.890. The van der Waals surface area contributed by atoms with Crippen molar-refractivity contribution in [1.29, 1.82) is 0 Å². The smallest absolute Gasteiger partial charge is 0.190 e. The third kappa shape index (κ3) is 2.91. The lowest BCUT2D eigenvalue weighted by atomic mass is 10.1. The van der Waals surface area contributed by atoms with E-state index in [1.165, 1.54) is 11.8 Å². The molecular formula is C19H16ClN5S. The number of benzene rings is 2.